The molecule has 0 saturated carbocycles. The van der Waals surface area contributed by atoms with Crippen LogP contribution in [-0.2, 0) is 20.9 Å². The van der Waals surface area contributed by atoms with Crippen LogP contribution in [0.2, 0.25) is 0 Å². The van der Waals surface area contributed by atoms with Gasteiger partial charge in [0.2, 0.25) is 0 Å². The van der Waals surface area contributed by atoms with Gasteiger partial charge in [-0.15, -0.1) is 0 Å². The van der Waals surface area contributed by atoms with Crippen LogP contribution in [0.4, 0.5) is 5.82 Å². The van der Waals surface area contributed by atoms with Gasteiger partial charge in [-0.25, -0.2) is 15.0 Å². The highest BCUT2D eigenvalue weighted by molar-refractivity contribution is 5.84. The van der Waals surface area contributed by atoms with E-state index >= 15 is 0 Å². The summed E-state index contributed by atoms with van der Waals surface area (Å²) in [5.41, 5.74) is 6.72. The molecule has 0 aliphatic rings. The minimum absolute atomic E-state index is 0.0455. The third-order valence-corrected chi connectivity index (χ3v) is 3.81. The molecule has 2 rings (SSSR count). The number of unbranched alkanes of at least 4 members (excludes halogenated alkanes) is 2. The molecule has 9 heteroatoms. The lowest BCUT2D eigenvalue weighted by molar-refractivity contribution is -0.138. The summed E-state index contributed by atoms with van der Waals surface area (Å²) in [6.07, 6.45) is 5.70. The maximum Gasteiger partial charge on any atom is 0.303 e. The number of nitrogen functional groups attached to an aromatic ring is 1. The number of carbonyl (C=O) groups excluding carboxylic acids is 2. The van der Waals surface area contributed by atoms with Gasteiger partial charge in [-0.1, -0.05) is 6.42 Å². The minimum Gasteiger partial charge on any atom is -0.481 e. The van der Waals surface area contributed by atoms with Crippen molar-refractivity contribution in [3.05, 3.63) is 12.7 Å². The Kier molecular flexibility index (Phi) is 6.55. The molecule has 2 aromatic rings. The molecule has 0 radical (unpaired) electrons. The van der Waals surface area contributed by atoms with E-state index in [1.165, 1.54) is 12.7 Å². The predicted molar refractivity (Wildman–Crippen MR) is 89.7 cm³/mol. The van der Waals surface area contributed by atoms with E-state index in [9.17, 15) is 14.4 Å². The smallest absolute Gasteiger partial charge is 0.303 e. The van der Waals surface area contributed by atoms with Crippen LogP contribution in [0.3, 0.4) is 0 Å². The first-order valence-electron chi connectivity index (χ1n) is 8.14. The van der Waals surface area contributed by atoms with Crippen LogP contribution < -0.4 is 5.73 Å². The SMILES string of the molecule is Nc1ncnc2c1ncn2CC(=O)CCCCCC(=O)CCC(=O)O. The fourth-order valence-electron chi connectivity index (χ4n) is 2.48. The van der Waals surface area contributed by atoms with Gasteiger partial charge in [0.15, 0.2) is 17.2 Å². The molecule has 2 heterocycles. The van der Waals surface area contributed by atoms with Gasteiger partial charge >= 0.3 is 5.97 Å². The van der Waals surface area contributed by atoms with Gasteiger partial charge in [0.1, 0.15) is 17.6 Å². The third-order valence-electron chi connectivity index (χ3n) is 3.81. The van der Waals surface area contributed by atoms with Crippen molar-refractivity contribution in [2.45, 2.75) is 51.5 Å². The molecule has 0 saturated heterocycles. The molecule has 0 amide bonds. The summed E-state index contributed by atoms with van der Waals surface area (Å²) in [5.74, 6) is -0.675. The molecular formula is C16H21N5O4. The normalized spacial score (nSPS) is 10.9. The van der Waals surface area contributed by atoms with Gasteiger partial charge in [0.05, 0.1) is 19.3 Å². The highest BCUT2D eigenvalue weighted by atomic mass is 16.4. The van der Waals surface area contributed by atoms with Gasteiger partial charge in [-0.2, -0.15) is 0 Å². The second kappa shape index (κ2) is 8.86. The van der Waals surface area contributed by atoms with E-state index in [-0.39, 0.29) is 36.8 Å². The summed E-state index contributed by atoms with van der Waals surface area (Å²) in [6, 6.07) is 0. The van der Waals surface area contributed by atoms with E-state index in [1.54, 1.807) is 4.57 Å². The fraction of sp³-hybridized carbons (Fsp3) is 0.500. The van der Waals surface area contributed by atoms with Crippen molar-refractivity contribution in [3.8, 4) is 0 Å². The number of carbonyl (C=O) groups is 3. The largest absolute Gasteiger partial charge is 0.481 e. The van der Waals surface area contributed by atoms with Gasteiger partial charge in [0.25, 0.3) is 0 Å². The topological polar surface area (TPSA) is 141 Å². The van der Waals surface area contributed by atoms with E-state index in [4.69, 9.17) is 10.8 Å². The minimum atomic E-state index is -0.960. The van der Waals surface area contributed by atoms with Crippen molar-refractivity contribution in [3.63, 3.8) is 0 Å². The Balaban J connectivity index is 1.68. The number of ketones is 2. The lowest BCUT2D eigenvalue weighted by Gasteiger charge is -2.04. The number of aromatic nitrogens is 4. The first-order valence-corrected chi connectivity index (χ1v) is 8.14. The van der Waals surface area contributed by atoms with Crippen LogP contribution in [-0.4, -0.2) is 42.2 Å². The summed E-state index contributed by atoms with van der Waals surface area (Å²) in [7, 11) is 0. The second-order valence-electron chi connectivity index (χ2n) is 5.84. The maximum atomic E-state index is 12.1. The number of imidazole rings is 1. The van der Waals surface area contributed by atoms with Crippen molar-refractivity contribution in [2.75, 3.05) is 5.73 Å². The van der Waals surface area contributed by atoms with Crippen molar-refractivity contribution in [2.24, 2.45) is 0 Å². The van der Waals surface area contributed by atoms with Gasteiger partial charge in [-0.3, -0.25) is 14.4 Å². The first kappa shape index (κ1) is 18.5. The van der Waals surface area contributed by atoms with Crippen LogP contribution in [0.5, 0.6) is 0 Å². The van der Waals surface area contributed by atoms with Crippen LogP contribution in [0.1, 0.15) is 44.9 Å². The number of carboxylic acids is 1. The standard InChI is InChI=1S/C16H21N5O4/c17-15-14-16(19-9-18-15)21(10-20-14)8-12(23)5-3-1-2-4-11(22)6-7-13(24)25/h9-10H,1-8H2,(H,24,25)(H2,17,18,19). The van der Waals surface area contributed by atoms with E-state index in [1.807, 2.05) is 0 Å². The highest BCUT2D eigenvalue weighted by Crippen LogP contribution is 2.14. The molecule has 0 aliphatic carbocycles. The monoisotopic (exact) mass is 347 g/mol. The Morgan fingerprint density at radius 1 is 0.960 bits per heavy atom. The van der Waals surface area contributed by atoms with E-state index < -0.39 is 5.97 Å². The number of hydrogen-bond donors (Lipinski definition) is 2. The second-order valence-corrected chi connectivity index (χ2v) is 5.84. The van der Waals surface area contributed by atoms with Crippen molar-refractivity contribution in [1.82, 2.24) is 19.5 Å². The summed E-state index contributed by atoms with van der Waals surface area (Å²) < 4.78 is 1.64. The molecular weight excluding hydrogens is 326 g/mol. The van der Waals surface area contributed by atoms with Gasteiger partial charge in [-0.05, 0) is 12.8 Å². The number of rotatable bonds is 11. The number of fused-ring (bicyclic) bond motifs is 1. The Morgan fingerprint density at radius 2 is 1.68 bits per heavy atom. The summed E-state index contributed by atoms with van der Waals surface area (Å²) in [4.78, 5) is 45.9. The molecule has 0 unspecified atom stereocenters. The van der Waals surface area contributed by atoms with Crippen molar-refractivity contribution in [1.29, 1.82) is 0 Å². The quantitative estimate of drug-likeness (QED) is 0.580. The lowest BCUT2D eigenvalue weighted by atomic mass is 10.1. The third kappa shape index (κ3) is 5.63. The lowest BCUT2D eigenvalue weighted by Crippen LogP contribution is -2.10. The molecule has 0 atom stereocenters. The number of nitrogens with two attached hydrogens (primary N) is 1. The number of nitrogens with zero attached hydrogens (tertiary/aromatic N) is 4. The zero-order chi connectivity index (χ0) is 18.2. The Morgan fingerprint density at radius 3 is 2.40 bits per heavy atom. The maximum absolute atomic E-state index is 12.1. The molecule has 25 heavy (non-hydrogen) atoms. The van der Waals surface area contributed by atoms with Crippen LogP contribution >= 0.6 is 0 Å². The molecule has 2 aromatic heterocycles. The van der Waals surface area contributed by atoms with E-state index in [0.717, 1.165) is 6.42 Å². The molecule has 0 spiro atoms. The molecule has 0 aromatic carbocycles. The van der Waals surface area contributed by atoms with Crippen molar-refractivity contribution < 1.29 is 19.5 Å². The molecule has 0 aliphatic heterocycles. The molecule has 0 fully saturated rings. The van der Waals surface area contributed by atoms with Crippen LogP contribution in [0.25, 0.3) is 11.2 Å². The number of carboxylic acid groups (broad SMARTS) is 1. The summed E-state index contributed by atoms with van der Waals surface area (Å²) in [6.45, 7) is 0.171. The number of anilines is 1. The van der Waals surface area contributed by atoms with Crippen LogP contribution in [0.15, 0.2) is 12.7 Å². The predicted octanol–water partition coefficient (Wildman–Crippen LogP) is 1.36. The number of hydrogen-bond acceptors (Lipinski definition) is 7. The van der Waals surface area contributed by atoms with E-state index in [0.29, 0.717) is 36.8 Å². The summed E-state index contributed by atoms with van der Waals surface area (Å²) in [5, 5.41) is 8.51. The van der Waals surface area contributed by atoms with Gasteiger partial charge in [0, 0.05) is 19.3 Å². The zero-order valence-corrected chi connectivity index (χ0v) is 13.8. The number of aliphatic carboxylic acids is 1. The average Bonchev–Trinajstić information content (AvgIpc) is 2.97. The number of Topliss-reactive ketones (excluding diaryl/α,β-unsaturated/α-hetero) is 2. The van der Waals surface area contributed by atoms with Crippen molar-refractivity contribution >= 4 is 34.5 Å². The molecule has 134 valence electrons. The highest BCUT2D eigenvalue weighted by Gasteiger charge is 2.11. The Labute approximate surface area is 144 Å². The molecule has 9 nitrogen and oxygen atoms in total. The summed E-state index contributed by atoms with van der Waals surface area (Å²) >= 11 is 0. The first-order chi connectivity index (χ1) is 12.0. The fourth-order valence-corrected chi connectivity index (χ4v) is 2.48. The van der Waals surface area contributed by atoms with Crippen LogP contribution in [0, 0.1) is 0 Å². The Hall–Kier alpha value is -2.84. The zero-order valence-electron chi connectivity index (χ0n) is 13.8. The Bertz CT molecular complexity index is 771. The molecule has 0 bridgehead atoms. The molecule has 3 N–H and O–H groups in total. The van der Waals surface area contributed by atoms with E-state index in [2.05, 4.69) is 15.0 Å². The average molecular weight is 347 g/mol. The van der Waals surface area contributed by atoms with Gasteiger partial charge < -0.3 is 15.4 Å².